The molecule has 0 aliphatic heterocycles. The summed E-state index contributed by atoms with van der Waals surface area (Å²) in [6.45, 7) is 5.05. The molecule has 0 unspecified atom stereocenters. The van der Waals surface area contributed by atoms with Gasteiger partial charge in [-0.05, 0) is 49.0 Å². The summed E-state index contributed by atoms with van der Waals surface area (Å²) in [5.74, 6) is 0.689. The van der Waals surface area contributed by atoms with Gasteiger partial charge in [-0.2, -0.15) is 0 Å². The highest BCUT2D eigenvalue weighted by atomic mass is 15.1. The van der Waals surface area contributed by atoms with Crippen LogP contribution in [0.1, 0.15) is 5.56 Å². The zero-order chi connectivity index (χ0) is 17.3. The number of nitrogens with zero attached hydrogens (tertiary/aromatic N) is 5. The minimum Gasteiger partial charge on any atom is -0.298 e. The molecule has 126 valence electrons. The number of fused-ring (bicyclic) bond motifs is 1. The van der Waals surface area contributed by atoms with Gasteiger partial charge in [0.15, 0.2) is 0 Å². The van der Waals surface area contributed by atoms with Gasteiger partial charge in [-0.15, -0.1) is 0 Å². The average Bonchev–Trinajstić information content (AvgIpc) is 3.09. The number of pyridine rings is 1. The first-order chi connectivity index (χ1) is 12.4. The fourth-order valence-corrected chi connectivity index (χ4v) is 2.45. The summed E-state index contributed by atoms with van der Waals surface area (Å²) in [4.78, 5) is 16.8. The monoisotopic (exact) mass is 332 g/mol. The van der Waals surface area contributed by atoms with Crippen LogP contribution in [-0.4, -0.2) is 40.7 Å². The number of hydrogen-bond acceptors (Lipinski definition) is 5. The summed E-state index contributed by atoms with van der Waals surface area (Å²) in [5.41, 5.74) is 3.17. The molecule has 1 aromatic carbocycles. The lowest BCUT2D eigenvalue weighted by molar-refractivity contribution is 0.703. The molecule has 0 amide bonds. The highest BCUT2D eigenvalue weighted by Crippen LogP contribution is 2.16. The van der Waals surface area contributed by atoms with Gasteiger partial charge < -0.3 is 0 Å². The second-order valence-corrected chi connectivity index (χ2v) is 5.38. The molecule has 1 N–H and O–H groups in total. The van der Waals surface area contributed by atoms with Crippen LogP contribution >= 0.6 is 0 Å². The summed E-state index contributed by atoms with van der Waals surface area (Å²) in [7, 11) is 0. The molecule has 0 spiro atoms. The molecule has 6 nitrogen and oxygen atoms in total. The number of hydrogen-bond donors (Lipinski definition) is 1. The summed E-state index contributed by atoms with van der Waals surface area (Å²) in [6, 6.07) is 11.9. The normalized spacial score (nSPS) is 12.1. The third-order valence-electron chi connectivity index (χ3n) is 3.73. The van der Waals surface area contributed by atoms with Crippen LogP contribution in [0.2, 0.25) is 0 Å². The Kier molecular flexibility index (Phi) is 5.79. The number of nitrogens with one attached hydrogen (secondary N) is 1. The lowest BCUT2D eigenvalue weighted by Gasteiger charge is -2.03. The molecule has 0 saturated heterocycles. The van der Waals surface area contributed by atoms with Crippen LogP contribution in [-0.2, 0) is 6.42 Å². The third kappa shape index (κ3) is 4.45. The van der Waals surface area contributed by atoms with E-state index in [1.54, 1.807) is 12.5 Å². The zero-order valence-corrected chi connectivity index (χ0v) is 13.9. The fraction of sp³-hybridized carbons (Fsp3) is 0.158. The van der Waals surface area contributed by atoms with Crippen LogP contribution in [0.4, 0.5) is 0 Å². The van der Waals surface area contributed by atoms with E-state index in [4.69, 9.17) is 0 Å². The van der Waals surface area contributed by atoms with E-state index in [1.807, 2.05) is 59.4 Å². The smallest absolute Gasteiger partial charge is 0.139 e. The Morgan fingerprint density at radius 3 is 2.88 bits per heavy atom. The van der Waals surface area contributed by atoms with Crippen LogP contribution in [0.3, 0.4) is 0 Å². The molecule has 0 bridgehead atoms. The SMILES string of the molecule is C=N/C(=C\C=NCNCCc1ccncc1)n1cnc2ccccc21. The molecule has 0 fully saturated rings. The molecule has 0 aliphatic rings. The molecule has 2 heterocycles. The summed E-state index contributed by atoms with van der Waals surface area (Å²) >= 11 is 0. The quantitative estimate of drug-likeness (QED) is 0.509. The predicted molar refractivity (Wildman–Crippen MR) is 103 cm³/mol. The molecular weight excluding hydrogens is 312 g/mol. The van der Waals surface area contributed by atoms with E-state index < -0.39 is 0 Å². The molecule has 6 heteroatoms. The third-order valence-corrected chi connectivity index (χ3v) is 3.73. The van der Waals surface area contributed by atoms with Crippen LogP contribution in [0.25, 0.3) is 16.9 Å². The predicted octanol–water partition coefficient (Wildman–Crippen LogP) is 2.79. The van der Waals surface area contributed by atoms with E-state index in [9.17, 15) is 0 Å². The Hall–Kier alpha value is -3.12. The van der Waals surface area contributed by atoms with Gasteiger partial charge >= 0.3 is 0 Å². The van der Waals surface area contributed by atoms with Crippen molar-refractivity contribution in [1.82, 2.24) is 19.9 Å². The van der Waals surface area contributed by atoms with Gasteiger partial charge in [-0.3, -0.25) is 19.9 Å². The molecule has 0 aliphatic carbocycles. The molecule has 0 saturated carbocycles. The van der Waals surface area contributed by atoms with Crippen molar-refractivity contribution in [3.63, 3.8) is 0 Å². The van der Waals surface area contributed by atoms with Gasteiger partial charge in [0, 0.05) is 25.2 Å². The second kappa shape index (κ2) is 8.65. The maximum Gasteiger partial charge on any atom is 0.139 e. The van der Waals surface area contributed by atoms with Gasteiger partial charge in [0.25, 0.3) is 0 Å². The largest absolute Gasteiger partial charge is 0.298 e. The van der Waals surface area contributed by atoms with Gasteiger partial charge in [-0.25, -0.2) is 9.98 Å². The van der Waals surface area contributed by atoms with Gasteiger partial charge in [0.2, 0.25) is 0 Å². The molecule has 0 radical (unpaired) electrons. The van der Waals surface area contributed by atoms with Crippen LogP contribution in [0.15, 0.2) is 71.2 Å². The van der Waals surface area contributed by atoms with Gasteiger partial charge in [0.05, 0.1) is 17.7 Å². The summed E-state index contributed by atoms with van der Waals surface area (Å²) in [5, 5.41) is 3.28. The van der Waals surface area contributed by atoms with Crippen molar-refractivity contribution < 1.29 is 0 Å². The van der Waals surface area contributed by atoms with Crippen molar-refractivity contribution in [3.05, 3.63) is 66.8 Å². The van der Waals surface area contributed by atoms with Crippen LogP contribution in [0.5, 0.6) is 0 Å². The van der Waals surface area contributed by atoms with E-state index in [1.165, 1.54) is 5.56 Å². The van der Waals surface area contributed by atoms with Crippen molar-refractivity contribution in [2.24, 2.45) is 9.98 Å². The lowest BCUT2D eigenvalue weighted by Crippen LogP contribution is -2.17. The highest BCUT2D eigenvalue weighted by molar-refractivity contribution is 5.84. The first-order valence-electron chi connectivity index (χ1n) is 8.07. The maximum atomic E-state index is 4.36. The molecular formula is C19H20N6. The number of imidazole rings is 1. The highest BCUT2D eigenvalue weighted by Gasteiger charge is 2.03. The van der Waals surface area contributed by atoms with Crippen molar-refractivity contribution in [1.29, 1.82) is 0 Å². The Morgan fingerprint density at radius 2 is 2.04 bits per heavy atom. The minimum absolute atomic E-state index is 0.552. The minimum atomic E-state index is 0.552. The fourth-order valence-electron chi connectivity index (χ4n) is 2.45. The maximum absolute atomic E-state index is 4.36. The summed E-state index contributed by atoms with van der Waals surface area (Å²) < 4.78 is 1.89. The van der Waals surface area contributed by atoms with Crippen molar-refractivity contribution >= 4 is 29.8 Å². The molecule has 0 atom stereocenters. The van der Waals surface area contributed by atoms with E-state index in [0.717, 1.165) is 24.0 Å². The summed E-state index contributed by atoms with van der Waals surface area (Å²) in [6.07, 6.45) is 9.87. The Bertz CT molecular complexity index is 879. The number of para-hydroxylation sites is 2. The van der Waals surface area contributed by atoms with Crippen LogP contribution in [0, 0.1) is 0 Å². The Balaban J connectivity index is 1.53. The number of benzene rings is 1. The second-order valence-electron chi connectivity index (χ2n) is 5.38. The Labute approximate surface area is 146 Å². The van der Waals surface area contributed by atoms with E-state index in [0.29, 0.717) is 12.5 Å². The Morgan fingerprint density at radius 1 is 1.20 bits per heavy atom. The van der Waals surface area contributed by atoms with E-state index in [-0.39, 0.29) is 0 Å². The molecule has 2 aromatic heterocycles. The van der Waals surface area contributed by atoms with Crippen LogP contribution < -0.4 is 5.32 Å². The average molecular weight is 332 g/mol. The topological polar surface area (TPSA) is 67.5 Å². The zero-order valence-electron chi connectivity index (χ0n) is 13.9. The first kappa shape index (κ1) is 16.7. The number of rotatable bonds is 8. The van der Waals surface area contributed by atoms with Gasteiger partial charge in [-0.1, -0.05) is 12.1 Å². The standard InChI is InChI=1S/C19H20N6/c1-20-19(25-15-24-17-4-2-3-5-18(17)25)9-13-23-14-22-12-8-16-6-10-21-11-7-16/h2-7,9-11,13,15,22H,1,8,12,14H2/b19-9+,23-13?. The number of allylic oxidation sites excluding steroid dienone is 1. The molecule has 3 aromatic rings. The molecule has 3 rings (SSSR count). The van der Waals surface area contributed by atoms with Gasteiger partial charge in [0.1, 0.15) is 12.1 Å². The number of aromatic nitrogens is 3. The van der Waals surface area contributed by atoms with E-state index >= 15 is 0 Å². The lowest BCUT2D eigenvalue weighted by atomic mass is 10.2. The first-order valence-corrected chi connectivity index (χ1v) is 8.07. The van der Waals surface area contributed by atoms with Crippen molar-refractivity contribution in [2.75, 3.05) is 13.2 Å². The van der Waals surface area contributed by atoms with Crippen molar-refractivity contribution in [2.45, 2.75) is 6.42 Å². The number of aliphatic imine (C=N–C) groups is 2. The van der Waals surface area contributed by atoms with E-state index in [2.05, 4.69) is 32.0 Å². The van der Waals surface area contributed by atoms with Crippen molar-refractivity contribution in [3.8, 4) is 0 Å². The molecule has 25 heavy (non-hydrogen) atoms.